The zero-order valence-corrected chi connectivity index (χ0v) is 11.6. The Bertz CT molecular complexity index is 369. The molecule has 0 aromatic carbocycles. The molecular weight excluding hydrogens is 242 g/mol. The van der Waals surface area contributed by atoms with E-state index < -0.39 is 0 Å². The Labute approximate surface area is 114 Å². The van der Waals surface area contributed by atoms with Gasteiger partial charge in [-0.2, -0.15) is 0 Å². The molecule has 0 spiro atoms. The molecule has 19 heavy (non-hydrogen) atoms. The molecule has 1 fully saturated rings. The molecule has 0 saturated carbocycles. The number of piperazine rings is 1. The number of hydrogen-bond donors (Lipinski definition) is 2. The average Bonchev–Trinajstić information content (AvgIpc) is 2.36. The lowest BCUT2D eigenvalue weighted by Gasteiger charge is -2.32. The van der Waals surface area contributed by atoms with Crippen LogP contribution in [0.15, 0.2) is 29.2 Å². The Hall–Kier alpha value is -1.66. The largest absolute Gasteiger partial charge is 0.399 e. The first-order valence-electron chi connectivity index (χ1n) is 6.35. The summed E-state index contributed by atoms with van der Waals surface area (Å²) in [6.07, 6.45) is 1.92. The van der Waals surface area contributed by atoms with Crippen molar-refractivity contribution >= 4 is 12.6 Å². The van der Waals surface area contributed by atoms with E-state index >= 15 is 0 Å². The van der Waals surface area contributed by atoms with E-state index in [-0.39, 0.29) is 5.91 Å². The van der Waals surface area contributed by atoms with Crippen LogP contribution in [0.1, 0.15) is 6.42 Å². The van der Waals surface area contributed by atoms with Crippen LogP contribution in [0, 0.1) is 0 Å². The van der Waals surface area contributed by atoms with Crippen molar-refractivity contribution in [3.05, 3.63) is 24.2 Å². The first kappa shape index (κ1) is 15.4. The molecule has 1 saturated heterocycles. The fraction of sp³-hybridized carbons (Fsp3) is 0.538. The van der Waals surface area contributed by atoms with Crippen molar-refractivity contribution in [2.75, 3.05) is 39.8 Å². The van der Waals surface area contributed by atoms with Crippen LogP contribution in [0.5, 0.6) is 0 Å². The van der Waals surface area contributed by atoms with Crippen molar-refractivity contribution in [2.24, 2.45) is 10.7 Å². The van der Waals surface area contributed by atoms with E-state index in [1.165, 1.54) is 6.08 Å². The molecule has 106 valence electrons. The summed E-state index contributed by atoms with van der Waals surface area (Å²) in [5.41, 5.74) is 5.76. The maximum Gasteiger partial charge on any atom is 0.226 e. The van der Waals surface area contributed by atoms with Crippen molar-refractivity contribution in [2.45, 2.75) is 6.42 Å². The number of nitrogens with zero attached hydrogens (tertiary/aromatic N) is 3. The monoisotopic (exact) mass is 265 g/mol. The summed E-state index contributed by atoms with van der Waals surface area (Å²) in [5.74, 6) is 0.259. The minimum Gasteiger partial charge on any atom is -0.399 e. The van der Waals surface area contributed by atoms with Crippen molar-refractivity contribution in [1.82, 2.24) is 15.1 Å². The molecule has 0 unspecified atom stereocenters. The zero-order valence-electron chi connectivity index (χ0n) is 11.6. The number of carbonyl (C=O) groups excluding carboxylic acids is 1. The van der Waals surface area contributed by atoms with Crippen molar-refractivity contribution in [3.63, 3.8) is 0 Å². The van der Waals surface area contributed by atoms with E-state index in [2.05, 4.69) is 40.5 Å². The summed E-state index contributed by atoms with van der Waals surface area (Å²) in [6, 6.07) is 0. The van der Waals surface area contributed by atoms with Gasteiger partial charge in [0, 0.05) is 50.9 Å². The highest BCUT2D eigenvalue weighted by atomic mass is 16.1. The van der Waals surface area contributed by atoms with Crippen LogP contribution in [0.2, 0.25) is 0 Å². The van der Waals surface area contributed by atoms with Crippen LogP contribution >= 0.6 is 0 Å². The van der Waals surface area contributed by atoms with Crippen LogP contribution in [0.25, 0.3) is 0 Å². The van der Waals surface area contributed by atoms with E-state index in [9.17, 15) is 4.79 Å². The van der Waals surface area contributed by atoms with Crippen molar-refractivity contribution in [3.8, 4) is 0 Å². The standard InChI is InChI=1S/C13H23N5O/c1-11(14)10-12(15-2)16-13(19)4-5-18-8-6-17(3)7-9-18/h10H,1-2,4-9,14H2,3H3,(H,16,19)/b12-10+. The van der Waals surface area contributed by atoms with Gasteiger partial charge in [0.1, 0.15) is 5.82 Å². The van der Waals surface area contributed by atoms with Crippen LogP contribution in [-0.4, -0.2) is 62.2 Å². The van der Waals surface area contributed by atoms with Gasteiger partial charge in [0.15, 0.2) is 0 Å². The fourth-order valence-corrected chi connectivity index (χ4v) is 1.83. The first-order chi connectivity index (χ1) is 9.01. The van der Waals surface area contributed by atoms with Gasteiger partial charge in [-0.05, 0) is 13.8 Å². The summed E-state index contributed by atoms with van der Waals surface area (Å²) in [5, 5.41) is 2.66. The van der Waals surface area contributed by atoms with E-state index in [0.29, 0.717) is 17.9 Å². The minimum absolute atomic E-state index is 0.0844. The average molecular weight is 265 g/mol. The molecule has 1 rings (SSSR count). The van der Waals surface area contributed by atoms with Gasteiger partial charge in [-0.25, -0.2) is 4.99 Å². The van der Waals surface area contributed by atoms with Gasteiger partial charge >= 0.3 is 0 Å². The Morgan fingerprint density at radius 3 is 2.58 bits per heavy atom. The summed E-state index contributed by atoms with van der Waals surface area (Å²) < 4.78 is 0. The number of rotatable bonds is 6. The van der Waals surface area contributed by atoms with Gasteiger partial charge in [0.05, 0.1) is 0 Å². The Kier molecular flexibility index (Phi) is 6.24. The number of nitrogens with two attached hydrogens (primary N) is 1. The van der Waals surface area contributed by atoms with Gasteiger partial charge in [0.2, 0.25) is 5.91 Å². The second-order valence-electron chi connectivity index (χ2n) is 4.71. The Morgan fingerprint density at radius 1 is 1.42 bits per heavy atom. The highest BCUT2D eigenvalue weighted by Gasteiger charge is 2.14. The molecule has 0 bridgehead atoms. The van der Waals surface area contributed by atoms with E-state index in [1.807, 2.05) is 0 Å². The lowest BCUT2D eigenvalue weighted by atomic mass is 10.3. The fourth-order valence-electron chi connectivity index (χ4n) is 1.83. The smallest absolute Gasteiger partial charge is 0.226 e. The number of likely N-dealkylation sites (N-methyl/N-ethyl adjacent to an activating group) is 1. The van der Waals surface area contributed by atoms with Gasteiger partial charge in [-0.15, -0.1) is 0 Å². The van der Waals surface area contributed by atoms with Crippen LogP contribution in [0.3, 0.4) is 0 Å². The highest BCUT2D eigenvalue weighted by molar-refractivity contribution is 5.78. The van der Waals surface area contributed by atoms with Gasteiger partial charge < -0.3 is 20.9 Å². The number of allylic oxidation sites excluding steroid dienone is 1. The van der Waals surface area contributed by atoms with Gasteiger partial charge in [-0.3, -0.25) is 4.79 Å². The van der Waals surface area contributed by atoms with Crippen LogP contribution < -0.4 is 11.1 Å². The van der Waals surface area contributed by atoms with E-state index in [0.717, 1.165) is 32.7 Å². The number of hydrogen-bond acceptors (Lipinski definition) is 5. The molecule has 0 atom stereocenters. The van der Waals surface area contributed by atoms with Gasteiger partial charge in [0.25, 0.3) is 0 Å². The van der Waals surface area contributed by atoms with Gasteiger partial charge in [-0.1, -0.05) is 6.58 Å². The number of aliphatic imine (C=N–C) groups is 1. The van der Waals surface area contributed by atoms with Crippen LogP contribution in [0.4, 0.5) is 0 Å². The van der Waals surface area contributed by atoms with Crippen LogP contribution in [-0.2, 0) is 4.79 Å². The predicted molar refractivity (Wildman–Crippen MR) is 77.7 cm³/mol. The lowest BCUT2D eigenvalue weighted by Crippen LogP contribution is -2.45. The molecule has 6 heteroatoms. The maximum absolute atomic E-state index is 11.8. The van der Waals surface area contributed by atoms with E-state index in [1.54, 1.807) is 0 Å². The molecule has 0 radical (unpaired) electrons. The maximum atomic E-state index is 11.8. The summed E-state index contributed by atoms with van der Waals surface area (Å²) in [4.78, 5) is 20.0. The second kappa shape index (κ2) is 7.70. The minimum atomic E-state index is -0.0844. The SMILES string of the molecule is C=N/C(=C\C(=C)N)NC(=O)CCN1CCN(C)CC1. The molecule has 1 amide bonds. The Balaban J connectivity index is 2.31. The summed E-state index contributed by atoms with van der Waals surface area (Å²) in [7, 11) is 2.11. The predicted octanol–water partition coefficient (Wildman–Crippen LogP) is -0.245. The highest BCUT2D eigenvalue weighted by Crippen LogP contribution is 2.01. The summed E-state index contributed by atoms with van der Waals surface area (Å²) >= 11 is 0. The lowest BCUT2D eigenvalue weighted by molar-refractivity contribution is -0.120. The molecule has 0 aliphatic carbocycles. The quantitative estimate of drug-likeness (QED) is 0.513. The third-order valence-electron chi connectivity index (χ3n) is 3.01. The molecule has 0 aromatic rings. The van der Waals surface area contributed by atoms with E-state index in [4.69, 9.17) is 5.73 Å². The molecule has 6 nitrogen and oxygen atoms in total. The molecule has 0 aromatic heterocycles. The number of carbonyl (C=O) groups is 1. The second-order valence-corrected chi connectivity index (χ2v) is 4.71. The Morgan fingerprint density at radius 2 is 2.05 bits per heavy atom. The molecule has 1 aliphatic heterocycles. The summed E-state index contributed by atoms with van der Waals surface area (Å²) in [6.45, 7) is 11.8. The molecule has 3 N–H and O–H groups in total. The topological polar surface area (TPSA) is 74.0 Å². The first-order valence-corrected chi connectivity index (χ1v) is 6.35. The normalized spacial score (nSPS) is 18.1. The van der Waals surface area contributed by atoms with Crippen molar-refractivity contribution < 1.29 is 4.79 Å². The van der Waals surface area contributed by atoms with Crippen molar-refractivity contribution in [1.29, 1.82) is 0 Å². The number of amides is 1. The molecule has 1 aliphatic rings. The third kappa shape index (κ3) is 6.17. The zero-order chi connectivity index (χ0) is 14.3. The molecule has 1 heterocycles. The molecular formula is C13H23N5O. The third-order valence-corrected chi connectivity index (χ3v) is 3.01. The number of nitrogens with one attached hydrogen (secondary N) is 1.